The Labute approximate surface area is 215 Å². The smallest absolute Gasteiger partial charge is 0.244 e. The van der Waals surface area contributed by atoms with Gasteiger partial charge in [-0.1, -0.05) is 53.5 Å². The van der Waals surface area contributed by atoms with Gasteiger partial charge in [-0.2, -0.15) is 4.31 Å². The number of aliphatic hydroxyl groups excluding tert-OH is 1. The Morgan fingerprint density at radius 1 is 1.06 bits per heavy atom. The van der Waals surface area contributed by atoms with Crippen LogP contribution in [-0.2, 0) is 30.8 Å². The molecule has 2 fully saturated rings. The first-order valence-electron chi connectivity index (χ1n) is 11.4. The number of sulfonamides is 1. The number of carbonyl (C=O) groups excluding carboxylic acids is 1. The minimum atomic E-state index is -4.01. The van der Waals surface area contributed by atoms with Gasteiger partial charge in [-0.05, 0) is 36.6 Å². The molecule has 0 saturated carbocycles. The van der Waals surface area contributed by atoms with Crippen molar-refractivity contribution in [2.24, 2.45) is 0 Å². The zero-order chi connectivity index (χ0) is 25.0. The van der Waals surface area contributed by atoms with E-state index in [0.717, 1.165) is 5.56 Å². The second kappa shape index (κ2) is 11.6. The van der Waals surface area contributed by atoms with Crippen molar-refractivity contribution in [2.45, 2.75) is 55.1 Å². The van der Waals surface area contributed by atoms with Crippen molar-refractivity contribution in [1.29, 1.82) is 0 Å². The van der Waals surface area contributed by atoms with Gasteiger partial charge >= 0.3 is 0 Å². The number of amides is 1. The van der Waals surface area contributed by atoms with Crippen molar-refractivity contribution in [3.05, 3.63) is 64.1 Å². The highest BCUT2D eigenvalue weighted by atomic mass is 35.5. The second-order valence-electron chi connectivity index (χ2n) is 8.71. The maximum atomic E-state index is 13.5. The third-order valence-electron chi connectivity index (χ3n) is 6.20. The molecule has 0 bridgehead atoms. The van der Waals surface area contributed by atoms with E-state index in [-0.39, 0.29) is 48.1 Å². The molecule has 0 radical (unpaired) electrons. The maximum Gasteiger partial charge on any atom is 0.244 e. The molecule has 0 aliphatic carbocycles. The van der Waals surface area contributed by atoms with E-state index in [1.54, 1.807) is 18.2 Å². The fraction of sp³-hybridized carbons (Fsp3) is 0.458. The Balaban J connectivity index is 1.44. The lowest BCUT2D eigenvalue weighted by Crippen LogP contribution is -2.57. The van der Waals surface area contributed by atoms with E-state index < -0.39 is 28.3 Å². The molecule has 4 rings (SSSR count). The van der Waals surface area contributed by atoms with Crippen LogP contribution in [0.25, 0.3) is 0 Å². The molecular weight excluding hydrogens is 515 g/mol. The van der Waals surface area contributed by atoms with Gasteiger partial charge in [-0.25, -0.2) is 8.42 Å². The Morgan fingerprint density at radius 3 is 2.51 bits per heavy atom. The average molecular weight is 543 g/mol. The summed E-state index contributed by atoms with van der Waals surface area (Å²) < 4.78 is 40.1. The Morgan fingerprint density at radius 2 is 1.77 bits per heavy atom. The largest absolute Gasteiger partial charge is 0.389 e. The number of nitrogens with zero attached hydrogens (tertiary/aromatic N) is 1. The van der Waals surface area contributed by atoms with Gasteiger partial charge in [0.15, 0.2) is 0 Å². The van der Waals surface area contributed by atoms with E-state index in [0.29, 0.717) is 24.4 Å². The van der Waals surface area contributed by atoms with Gasteiger partial charge in [-0.3, -0.25) is 4.79 Å². The van der Waals surface area contributed by atoms with Crippen molar-refractivity contribution in [1.82, 2.24) is 9.62 Å². The summed E-state index contributed by atoms with van der Waals surface area (Å²) in [5, 5.41) is 13.9. The number of β-amino-alcohol motifs (C(OH)–C–C–N with tert-alkyl or cyclic N) is 1. The third-order valence-corrected chi connectivity index (χ3v) is 8.96. The summed E-state index contributed by atoms with van der Waals surface area (Å²) in [5.74, 6) is -0.184. The van der Waals surface area contributed by atoms with E-state index >= 15 is 0 Å². The number of fused-ring (bicyclic) bond motifs is 1. The molecule has 190 valence electrons. The molecule has 35 heavy (non-hydrogen) atoms. The van der Waals surface area contributed by atoms with Crippen molar-refractivity contribution < 1.29 is 27.8 Å². The number of rotatable bonds is 6. The number of aliphatic hydroxyl groups is 1. The maximum absolute atomic E-state index is 13.5. The van der Waals surface area contributed by atoms with Crippen molar-refractivity contribution >= 4 is 39.1 Å². The number of halogens is 2. The second-order valence-corrected chi connectivity index (χ2v) is 11.4. The van der Waals surface area contributed by atoms with Gasteiger partial charge in [-0.15, -0.1) is 0 Å². The van der Waals surface area contributed by atoms with Crippen LogP contribution in [0.3, 0.4) is 0 Å². The predicted octanol–water partition coefficient (Wildman–Crippen LogP) is 3.00. The number of nitrogens with one attached hydrogen (secondary N) is 1. The molecule has 2 saturated heterocycles. The fourth-order valence-electron chi connectivity index (χ4n) is 4.47. The zero-order valence-electron chi connectivity index (χ0n) is 19.0. The number of carbonyl (C=O) groups is 1. The van der Waals surface area contributed by atoms with Crippen LogP contribution in [0.1, 0.15) is 24.8 Å². The number of hydrogen-bond donors (Lipinski definition) is 2. The lowest BCUT2D eigenvalue weighted by atomic mass is 9.96. The molecule has 2 heterocycles. The van der Waals surface area contributed by atoms with Gasteiger partial charge in [0.2, 0.25) is 15.9 Å². The van der Waals surface area contributed by atoms with E-state index in [1.165, 1.54) is 16.4 Å². The average Bonchev–Trinajstić information content (AvgIpc) is 2.81. The highest BCUT2D eigenvalue weighted by Gasteiger charge is 2.43. The van der Waals surface area contributed by atoms with Crippen LogP contribution < -0.4 is 5.32 Å². The molecule has 1 amide bonds. The number of benzene rings is 2. The summed E-state index contributed by atoms with van der Waals surface area (Å²) in [4.78, 5) is 12.5. The van der Waals surface area contributed by atoms with Crippen molar-refractivity contribution in [3.63, 3.8) is 0 Å². The highest BCUT2D eigenvalue weighted by molar-refractivity contribution is 7.89. The van der Waals surface area contributed by atoms with Gasteiger partial charge in [0.1, 0.15) is 4.90 Å². The Bertz CT molecular complexity index is 1150. The minimum absolute atomic E-state index is 0.0183. The molecule has 2 N–H and O–H groups in total. The van der Waals surface area contributed by atoms with E-state index in [1.807, 2.05) is 18.2 Å². The molecule has 8 nitrogen and oxygen atoms in total. The van der Waals surface area contributed by atoms with Crippen LogP contribution in [0.5, 0.6) is 0 Å². The van der Waals surface area contributed by atoms with E-state index in [2.05, 4.69) is 5.32 Å². The van der Waals surface area contributed by atoms with Crippen molar-refractivity contribution in [3.8, 4) is 0 Å². The standard InChI is InChI=1S/C24H28Cl2N2O6S/c25-19-6-2-1-5-16(19)12-27-24(30)11-18-9-10-21-22(34-18)15-33-14-17(29)13-28(21)35(31,32)23-8-4-3-7-20(23)26/h1-8,17-18,21-22,29H,9-15H2,(H,27,30)/t17-,18+,21+,22-/m0/s1. The van der Waals surface area contributed by atoms with Crippen molar-refractivity contribution in [2.75, 3.05) is 19.8 Å². The molecule has 0 spiro atoms. The van der Waals surface area contributed by atoms with Gasteiger partial charge in [0.25, 0.3) is 0 Å². The van der Waals surface area contributed by atoms with Crippen LogP contribution in [0, 0.1) is 0 Å². The fourth-order valence-corrected chi connectivity index (χ4v) is 6.88. The molecule has 2 aromatic carbocycles. The first-order chi connectivity index (χ1) is 16.8. The number of ether oxygens (including phenoxy) is 2. The van der Waals surface area contributed by atoms with Gasteiger partial charge in [0, 0.05) is 18.1 Å². The van der Waals surface area contributed by atoms with Crippen LogP contribution in [0.4, 0.5) is 0 Å². The highest BCUT2D eigenvalue weighted by Crippen LogP contribution is 2.33. The molecule has 2 aliphatic heterocycles. The normalized spacial score (nSPS) is 25.8. The first-order valence-corrected chi connectivity index (χ1v) is 13.6. The molecule has 4 atom stereocenters. The Kier molecular flexibility index (Phi) is 8.70. The summed E-state index contributed by atoms with van der Waals surface area (Å²) in [6.45, 7) is 0.251. The van der Waals surface area contributed by atoms with Gasteiger partial charge in [0.05, 0.1) is 49.0 Å². The molecule has 2 aliphatic rings. The molecule has 0 aromatic heterocycles. The first kappa shape index (κ1) is 26.3. The van der Waals surface area contributed by atoms with Crippen LogP contribution in [-0.4, -0.2) is 67.8 Å². The zero-order valence-corrected chi connectivity index (χ0v) is 21.3. The third kappa shape index (κ3) is 6.35. The lowest BCUT2D eigenvalue weighted by Gasteiger charge is -2.43. The topological polar surface area (TPSA) is 105 Å². The Hall–Kier alpha value is -1.72. The quantitative estimate of drug-likeness (QED) is 0.581. The molecule has 0 unspecified atom stereocenters. The van der Waals surface area contributed by atoms with Crippen LogP contribution >= 0.6 is 23.2 Å². The van der Waals surface area contributed by atoms with E-state index in [4.69, 9.17) is 32.7 Å². The van der Waals surface area contributed by atoms with Crippen LogP contribution in [0.2, 0.25) is 10.0 Å². The number of hydrogen-bond acceptors (Lipinski definition) is 6. The summed E-state index contributed by atoms with van der Waals surface area (Å²) in [6, 6.07) is 13.0. The monoisotopic (exact) mass is 542 g/mol. The SMILES string of the molecule is O=C(C[C@H]1CC[C@@H]2[C@H](COC[C@@H](O)CN2S(=O)(=O)c2ccccc2Cl)O1)NCc1ccccc1Cl. The van der Waals surface area contributed by atoms with Gasteiger partial charge < -0.3 is 19.9 Å². The summed E-state index contributed by atoms with van der Waals surface area (Å²) in [7, 11) is -4.01. The molecular formula is C24H28Cl2N2O6S. The van der Waals surface area contributed by atoms with Crippen LogP contribution in [0.15, 0.2) is 53.4 Å². The molecule has 2 aromatic rings. The predicted molar refractivity (Wildman–Crippen MR) is 132 cm³/mol. The molecule has 11 heteroatoms. The summed E-state index contributed by atoms with van der Waals surface area (Å²) in [6.07, 6.45) is -0.900. The summed E-state index contributed by atoms with van der Waals surface area (Å²) >= 11 is 12.3. The summed E-state index contributed by atoms with van der Waals surface area (Å²) in [5.41, 5.74) is 0.819. The minimum Gasteiger partial charge on any atom is -0.389 e. The van der Waals surface area contributed by atoms with E-state index in [9.17, 15) is 18.3 Å². The lowest BCUT2D eigenvalue weighted by molar-refractivity contribution is -0.146.